The minimum Gasteiger partial charge on any atom is -0.497 e. The van der Waals surface area contributed by atoms with Crippen LogP contribution in [0.25, 0.3) is 17.1 Å². The van der Waals surface area contributed by atoms with Gasteiger partial charge in [0.1, 0.15) is 5.75 Å². The fourth-order valence-corrected chi connectivity index (χ4v) is 4.47. The van der Waals surface area contributed by atoms with Gasteiger partial charge in [-0.3, -0.25) is 9.36 Å². The minimum atomic E-state index is 0.0317. The Bertz CT molecular complexity index is 999. The quantitative estimate of drug-likeness (QED) is 0.535. The largest absolute Gasteiger partial charge is 0.497 e. The first-order valence-corrected chi connectivity index (χ1v) is 11.3. The molecule has 3 aromatic rings. The molecule has 1 saturated carbocycles. The van der Waals surface area contributed by atoms with Crippen molar-refractivity contribution in [3.05, 3.63) is 53.6 Å². The maximum Gasteiger partial charge on any atom is 0.230 e. The zero-order chi connectivity index (χ0) is 20.9. The van der Waals surface area contributed by atoms with Crippen molar-refractivity contribution in [2.24, 2.45) is 0 Å². The first-order chi connectivity index (χ1) is 14.6. The highest BCUT2D eigenvalue weighted by atomic mass is 35.5. The molecule has 6 nitrogen and oxygen atoms in total. The molecule has 30 heavy (non-hydrogen) atoms. The number of aromatic nitrogens is 3. The van der Waals surface area contributed by atoms with Crippen molar-refractivity contribution in [1.29, 1.82) is 0 Å². The van der Waals surface area contributed by atoms with Gasteiger partial charge in [0, 0.05) is 22.3 Å². The highest BCUT2D eigenvalue weighted by molar-refractivity contribution is 7.99. The van der Waals surface area contributed by atoms with Crippen molar-refractivity contribution < 1.29 is 9.53 Å². The predicted molar refractivity (Wildman–Crippen MR) is 119 cm³/mol. The summed E-state index contributed by atoms with van der Waals surface area (Å²) in [5, 5.41) is 13.2. The van der Waals surface area contributed by atoms with Gasteiger partial charge in [-0.1, -0.05) is 36.2 Å². The van der Waals surface area contributed by atoms with Gasteiger partial charge in [0.05, 0.1) is 12.9 Å². The Labute approximate surface area is 185 Å². The van der Waals surface area contributed by atoms with E-state index in [9.17, 15) is 4.79 Å². The summed E-state index contributed by atoms with van der Waals surface area (Å²) in [5.74, 6) is 1.79. The van der Waals surface area contributed by atoms with E-state index in [1.807, 2.05) is 53.1 Å². The second-order valence-corrected chi connectivity index (χ2v) is 8.56. The van der Waals surface area contributed by atoms with Crippen LogP contribution in [0, 0.1) is 0 Å². The molecule has 1 aromatic heterocycles. The predicted octanol–water partition coefficient (Wildman–Crippen LogP) is 4.75. The molecule has 0 spiro atoms. The number of halogens is 1. The Morgan fingerprint density at radius 3 is 2.50 bits per heavy atom. The Balaban J connectivity index is 1.60. The van der Waals surface area contributed by atoms with E-state index in [2.05, 4.69) is 15.5 Å². The highest BCUT2D eigenvalue weighted by Crippen LogP contribution is 2.29. The SMILES string of the molecule is COc1ccc(-n2c(SCC(=O)NC3CCCC3)nnc2-c2ccc(Cl)cc2)cc1. The van der Waals surface area contributed by atoms with Crippen LogP contribution < -0.4 is 10.1 Å². The van der Waals surface area contributed by atoms with Crippen LogP contribution >= 0.6 is 23.4 Å². The van der Waals surface area contributed by atoms with Crippen LogP contribution in [0.1, 0.15) is 25.7 Å². The number of carbonyl (C=O) groups excluding carboxylic acids is 1. The van der Waals surface area contributed by atoms with Crippen LogP contribution in [0.15, 0.2) is 53.7 Å². The standard InChI is InChI=1S/C22H23ClN4O2S/c1-29-19-12-10-18(11-13-19)27-21(15-6-8-16(23)9-7-15)25-26-22(27)30-14-20(28)24-17-4-2-3-5-17/h6-13,17H,2-5,14H2,1H3,(H,24,28). The van der Waals surface area contributed by atoms with E-state index in [1.54, 1.807) is 7.11 Å². The number of hydrogen-bond donors (Lipinski definition) is 1. The number of ether oxygens (including phenoxy) is 1. The van der Waals surface area contributed by atoms with Crippen LogP contribution in [0.4, 0.5) is 0 Å². The van der Waals surface area contributed by atoms with Gasteiger partial charge in [0.15, 0.2) is 11.0 Å². The van der Waals surface area contributed by atoms with E-state index in [4.69, 9.17) is 16.3 Å². The van der Waals surface area contributed by atoms with Crippen molar-refractivity contribution in [3.8, 4) is 22.8 Å². The maximum atomic E-state index is 12.4. The molecule has 0 radical (unpaired) electrons. The third kappa shape index (κ3) is 4.79. The summed E-state index contributed by atoms with van der Waals surface area (Å²) in [7, 11) is 1.64. The molecule has 1 N–H and O–H groups in total. The molecule has 0 unspecified atom stereocenters. The molecule has 8 heteroatoms. The van der Waals surface area contributed by atoms with Gasteiger partial charge >= 0.3 is 0 Å². The topological polar surface area (TPSA) is 69.0 Å². The van der Waals surface area contributed by atoms with Crippen LogP contribution in [0.5, 0.6) is 5.75 Å². The lowest BCUT2D eigenvalue weighted by Crippen LogP contribution is -2.33. The van der Waals surface area contributed by atoms with E-state index in [1.165, 1.54) is 24.6 Å². The molecule has 0 atom stereocenters. The first kappa shape index (κ1) is 20.8. The van der Waals surface area contributed by atoms with Crippen LogP contribution in [-0.2, 0) is 4.79 Å². The molecule has 156 valence electrons. The molecule has 1 aliphatic rings. The van der Waals surface area contributed by atoms with Gasteiger partial charge in [0.2, 0.25) is 5.91 Å². The Morgan fingerprint density at radius 2 is 1.83 bits per heavy atom. The van der Waals surface area contributed by atoms with Gasteiger partial charge in [-0.2, -0.15) is 0 Å². The number of thioether (sulfide) groups is 1. The Hall–Kier alpha value is -2.51. The Kier molecular flexibility index (Phi) is 6.59. The van der Waals surface area contributed by atoms with E-state index < -0.39 is 0 Å². The van der Waals surface area contributed by atoms with Crippen LogP contribution in [0.3, 0.4) is 0 Å². The molecular weight excluding hydrogens is 420 g/mol. The monoisotopic (exact) mass is 442 g/mol. The second-order valence-electron chi connectivity index (χ2n) is 7.18. The summed E-state index contributed by atoms with van der Waals surface area (Å²) in [4.78, 5) is 12.4. The van der Waals surface area contributed by atoms with E-state index in [-0.39, 0.29) is 5.91 Å². The fourth-order valence-electron chi connectivity index (χ4n) is 3.58. The molecule has 0 saturated heterocycles. The highest BCUT2D eigenvalue weighted by Gasteiger charge is 2.20. The van der Waals surface area contributed by atoms with Gasteiger partial charge < -0.3 is 10.1 Å². The molecule has 1 fully saturated rings. The number of amides is 1. The lowest BCUT2D eigenvalue weighted by molar-refractivity contribution is -0.119. The van der Waals surface area contributed by atoms with Crippen LogP contribution in [0.2, 0.25) is 5.02 Å². The molecule has 0 bridgehead atoms. The average Bonchev–Trinajstić information content (AvgIpc) is 3.43. The number of methoxy groups -OCH3 is 1. The summed E-state index contributed by atoms with van der Waals surface area (Å²) in [6.07, 6.45) is 4.51. The minimum absolute atomic E-state index is 0.0317. The Morgan fingerprint density at radius 1 is 1.13 bits per heavy atom. The summed E-state index contributed by atoms with van der Waals surface area (Å²) < 4.78 is 7.23. The van der Waals surface area contributed by atoms with E-state index in [0.717, 1.165) is 29.8 Å². The summed E-state index contributed by atoms with van der Waals surface area (Å²) >= 11 is 7.43. The smallest absolute Gasteiger partial charge is 0.230 e. The van der Waals surface area contributed by atoms with E-state index >= 15 is 0 Å². The number of rotatable bonds is 7. The maximum absolute atomic E-state index is 12.4. The first-order valence-electron chi connectivity index (χ1n) is 9.92. The third-order valence-electron chi connectivity index (χ3n) is 5.12. The number of nitrogens with zero attached hydrogens (tertiary/aromatic N) is 3. The zero-order valence-corrected chi connectivity index (χ0v) is 18.2. The van der Waals surface area contributed by atoms with Gasteiger partial charge in [-0.05, 0) is 61.4 Å². The number of hydrogen-bond acceptors (Lipinski definition) is 5. The van der Waals surface area contributed by atoms with Crippen molar-refractivity contribution in [1.82, 2.24) is 20.1 Å². The molecule has 4 rings (SSSR count). The molecular formula is C22H23ClN4O2S. The summed E-state index contributed by atoms with van der Waals surface area (Å²) in [6, 6.07) is 15.5. The second kappa shape index (κ2) is 9.53. The van der Waals surface area contributed by atoms with Gasteiger partial charge in [-0.25, -0.2) is 0 Å². The van der Waals surface area contributed by atoms with E-state index in [0.29, 0.717) is 27.8 Å². The van der Waals surface area contributed by atoms with Crippen molar-refractivity contribution in [2.45, 2.75) is 36.9 Å². The molecule has 0 aliphatic heterocycles. The van der Waals surface area contributed by atoms with Crippen molar-refractivity contribution in [2.75, 3.05) is 12.9 Å². The van der Waals surface area contributed by atoms with Gasteiger partial charge in [0.25, 0.3) is 0 Å². The lowest BCUT2D eigenvalue weighted by atomic mass is 10.2. The average molecular weight is 443 g/mol. The normalized spacial score (nSPS) is 14.1. The molecule has 1 aliphatic carbocycles. The van der Waals surface area contributed by atoms with Gasteiger partial charge in [-0.15, -0.1) is 10.2 Å². The zero-order valence-electron chi connectivity index (χ0n) is 16.7. The fraction of sp³-hybridized carbons (Fsp3) is 0.318. The third-order valence-corrected chi connectivity index (χ3v) is 6.30. The number of nitrogens with one attached hydrogen (secondary N) is 1. The van der Waals surface area contributed by atoms with Crippen molar-refractivity contribution >= 4 is 29.3 Å². The van der Waals surface area contributed by atoms with Crippen LogP contribution in [-0.4, -0.2) is 39.6 Å². The summed E-state index contributed by atoms with van der Waals surface area (Å²) in [5.41, 5.74) is 1.79. The summed E-state index contributed by atoms with van der Waals surface area (Å²) in [6.45, 7) is 0. The molecule has 1 amide bonds. The lowest BCUT2D eigenvalue weighted by Gasteiger charge is -2.13. The number of carbonyl (C=O) groups is 1. The molecule has 1 heterocycles. The van der Waals surface area contributed by atoms with Crippen molar-refractivity contribution in [3.63, 3.8) is 0 Å². The molecule has 2 aromatic carbocycles. The number of benzene rings is 2.